The monoisotopic (exact) mass is 279 g/mol. The van der Waals surface area contributed by atoms with Crippen molar-refractivity contribution in [2.24, 2.45) is 0 Å². The SMILES string of the molecule is Cc1csc([N-]C(c2ccccc2)c2ccccc2)n1. The molecule has 100 valence electrons. The molecule has 2 nitrogen and oxygen atoms in total. The molecule has 0 radical (unpaired) electrons. The molecule has 0 amide bonds. The van der Waals surface area contributed by atoms with Crippen molar-refractivity contribution in [3.8, 4) is 0 Å². The van der Waals surface area contributed by atoms with Crippen LogP contribution in [0.3, 0.4) is 0 Å². The Morgan fingerprint density at radius 1 is 0.900 bits per heavy atom. The Bertz CT molecular complexity index is 622. The summed E-state index contributed by atoms with van der Waals surface area (Å²) in [6, 6.07) is 20.7. The molecule has 0 aliphatic rings. The summed E-state index contributed by atoms with van der Waals surface area (Å²) in [5.41, 5.74) is 3.40. The summed E-state index contributed by atoms with van der Waals surface area (Å²) < 4.78 is 0. The minimum atomic E-state index is 0.00273. The van der Waals surface area contributed by atoms with E-state index in [1.807, 2.05) is 48.7 Å². The van der Waals surface area contributed by atoms with E-state index in [1.165, 1.54) is 11.1 Å². The number of benzene rings is 2. The maximum absolute atomic E-state index is 4.83. The van der Waals surface area contributed by atoms with Gasteiger partial charge in [0.1, 0.15) is 0 Å². The fraction of sp³-hybridized carbons (Fsp3) is 0.118. The van der Waals surface area contributed by atoms with Crippen molar-refractivity contribution in [2.45, 2.75) is 13.0 Å². The van der Waals surface area contributed by atoms with E-state index in [-0.39, 0.29) is 6.04 Å². The first-order chi connectivity index (χ1) is 9.83. The van der Waals surface area contributed by atoms with Crippen LogP contribution in [0.4, 0.5) is 5.13 Å². The summed E-state index contributed by atoms with van der Waals surface area (Å²) in [6.07, 6.45) is 0. The van der Waals surface area contributed by atoms with Gasteiger partial charge in [-0.15, -0.1) is 0 Å². The largest absolute Gasteiger partial charge is 0.445 e. The van der Waals surface area contributed by atoms with E-state index in [4.69, 9.17) is 5.32 Å². The van der Waals surface area contributed by atoms with Crippen LogP contribution in [-0.2, 0) is 0 Å². The first kappa shape index (κ1) is 12.9. The van der Waals surface area contributed by atoms with Crippen molar-refractivity contribution < 1.29 is 0 Å². The van der Waals surface area contributed by atoms with E-state index >= 15 is 0 Å². The predicted molar refractivity (Wildman–Crippen MR) is 84.6 cm³/mol. The molecule has 20 heavy (non-hydrogen) atoms. The maximum Gasteiger partial charge on any atom is 0.0131 e. The summed E-state index contributed by atoms with van der Waals surface area (Å²) in [4.78, 5) is 4.45. The molecule has 0 aliphatic carbocycles. The fourth-order valence-electron chi connectivity index (χ4n) is 2.12. The van der Waals surface area contributed by atoms with Crippen LogP contribution in [0.15, 0.2) is 66.0 Å². The first-order valence-corrected chi connectivity index (χ1v) is 7.44. The Balaban J connectivity index is 1.96. The van der Waals surface area contributed by atoms with Gasteiger partial charge in [0.15, 0.2) is 0 Å². The zero-order valence-corrected chi connectivity index (χ0v) is 12.0. The molecule has 3 rings (SSSR count). The highest BCUT2D eigenvalue weighted by Crippen LogP contribution is 2.37. The van der Waals surface area contributed by atoms with Gasteiger partial charge >= 0.3 is 0 Å². The maximum atomic E-state index is 4.83. The lowest BCUT2D eigenvalue weighted by Gasteiger charge is -2.25. The third-order valence-electron chi connectivity index (χ3n) is 3.08. The molecule has 0 saturated carbocycles. The van der Waals surface area contributed by atoms with Crippen LogP contribution >= 0.6 is 11.3 Å². The molecular formula is C17H15N2S-. The molecule has 0 fully saturated rings. The lowest BCUT2D eigenvalue weighted by Crippen LogP contribution is -1.98. The molecule has 0 saturated heterocycles. The second-order valence-corrected chi connectivity index (χ2v) is 5.46. The van der Waals surface area contributed by atoms with Crippen LogP contribution in [0.5, 0.6) is 0 Å². The van der Waals surface area contributed by atoms with E-state index < -0.39 is 0 Å². The van der Waals surface area contributed by atoms with Gasteiger partial charge in [-0.05, 0) is 28.6 Å². The molecule has 0 N–H and O–H groups in total. The molecule has 3 heteroatoms. The smallest absolute Gasteiger partial charge is 0.0131 e. The van der Waals surface area contributed by atoms with E-state index in [2.05, 4.69) is 29.2 Å². The van der Waals surface area contributed by atoms with E-state index in [1.54, 1.807) is 11.3 Å². The van der Waals surface area contributed by atoms with Gasteiger partial charge in [0.2, 0.25) is 0 Å². The van der Waals surface area contributed by atoms with Gasteiger partial charge in [0.05, 0.1) is 0 Å². The number of aromatic nitrogens is 1. The van der Waals surface area contributed by atoms with Gasteiger partial charge in [-0.1, -0.05) is 66.4 Å². The van der Waals surface area contributed by atoms with Gasteiger partial charge in [-0.2, -0.15) is 11.3 Å². The van der Waals surface area contributed by atoms with Crippen LogP contribution in [0, 0.1) is 6.92 Å². The first-order valence-electron chi connectivity index (χ1n) is 6.56. The molecule has 0 aliphatic heterocycles. The second-order valence-electron chi connectivity index (χ2n) is 4.62. The van der Waals surface area contributed by atoms with Crippen LogP contribution < -0.4 is 0 Å². The third-order valence-corrected chi connectivity index (χ3v) is 3.94. The fourth-order valence-corrected chi connectivity index (χ4v) is 2.82. The van der Waals surface area contributed by atoms with Crippen molar-refractivity contribution in [3.05, 3.63) is 88.2 Å². The lowest BCUT2D eigenvalue weighted by molar-refractivity contribution is 0.984. The molecule has 0 spiro atoms. The molecule has 3 aromatic rings. The summed E-state index contributed by atoms with van der Waals surface area (Å²) in [5, 5.41) is 7.69. The zero-order valence-electron chi connectivity index (χ0n) is 11.2. The van der Waals surface area contributed by atoms with Gasteiger partial charge < -0.3 is 10.3 Å². The summed E-state index contributed by atoms with van der Waals surface area (Å²) in [7, 11) is 0. The highest BCUT2D eigenvalue weighted by Gasteiger charge is 2.09. The van der Waals surface area contributed by atoms with Gasteiger partial charge in [-0.25, -0.2) is 0 Å². The highest BCUT2D eigenvalue weighted by atomic mass is 32.1. The Morgan fingerprint density at radius 3 is 1.90 bits per heavy atom. The van der Waals surface area contributed by atoms with Gasteiger partial charge in [-0.3, -0.25) is 0 Å². The van der Waals surface area contributed by atoms with Crippen molar-refractivity contribution in [3.63, 3.8) is 0 Å². The number of rotatable bonds is 4. The number of thiazole rings is 1. The topological polar surface area (TPSA) is 27.0 Å². The number of nitrogens with zero attached hydrogens (tertiary/aromatic N) is 2. The van der Waals surface area contributed by atoms with Gasteiger partial charge in [0, 0.05) is 6.04 Å². The van der Waals surface area contributed by atoms with Crippen molar-refractivity contribution in [1.29, 1.82) is 0 Å². The summed E-state index contributed by atoms with van der Waals surface area (Å²) in [6.45, 7) is 2.00. The lowest BCUT2D eigenvalue weighted by atomic mass is 9.99. The van der Waals surface area contributed by atoms with Crippen LogP contribution in [0.2, 0.25) is 0 Å². The molecule has 2 aromatic carbocycles. The number of aryl methyl sites for hydroxylation is 1. The predicted octanol–water partition coefficient (Wildman–Crippen LogP) is 5.25. The minimum absolute atomic E-state index is 0.00273. The van der Waals surface area contributed by atoms with E-state index in [0.29, 0.717) is 0 Å². The van der Waals surface area contributed by atoms with Crippen LogP contribution in [0.25, 0.3) is 5.32 Å². The highest BCUT2D eigenvalue weighted by molar-refractivity contribution is 7.14. The van der Waals surface area contributed by atoms with Crippen LogP contribution in [-0.4, -0.2) is 4.98 Å². The summed E-state index contributed by atoms with van der Waals surface area (Å²) in [5.74, 6) is 0. The molecule has 0 bridgehead atoms. The Kier molecular flexibility index (Phi) is 3.79. The van der Waals surface area contributed by atoms with E-state index in [0.717, 1.165) is 10.8 Å². The average molecular weight is 279 g/mol. The normalized spacial score (nSPS) is 10.7. The Morgan fingerprint density at radius 2 is 1.45 bits per heavy atom. The van der Waals surface area contributed by atoms with Crippen molar-refractivity contribution in [2.75, 3.05) is 0 Å². The molecular weight excluding hydrogens is 264 g/mol. The number of hydrogen-bond acceptors (Lipinski definition) is 2. The Labute approximate surface area is 123 Å². The Hall–Kier alpha value is -2.13. The van der Waals surface area contributed by atoms with Crippen LogP contribution in [0.1, 0.15) is 22.9 Å². The average Bonchev–Trinajstić information content (AvgIpc) is 2.92. The molecule has 1 heterocycles. The number of hydrogen-bond donors (Lipinski definition) is 0. The van der Waals surface area contributed by atoms with E-state index in [9.17, 15) is 0 Å². The molecule has 1 aromatic heterocycles. The third kappa shape index (κ3) is 2.89. The minimum Gasteiger partial charge on any atom is -0.445 e. The van der Waals surface area contributed by atoms with Crippen molar-refractivity contribution >= 4 is 16.5 Å². The second kappa shape index (κ2) is 5.88. The molecule has 0 atom stereocenters. The molecule has 0 unspecified atom stereocenters. The zero-order chi connectivity index (χ0) is 13.8. The quantitative estimate of drug-likeness (QED) is 0.641. The van der Waals surface area contributed by atoms with Gasteiger partial charge in [0.25, 0.3) is 0 Å². The van der Waals surface area contributed by atoms with Crippen molar-refractivity contribution in [1.82, 2.24) is 4.98 Å². The summed E-state index contributed by atoms with van der Waals surface area (Å²) >= 11 is 1.59. The standard InChI is InChI=1S/C17H15N2S/c1-13-12-20-17(18-13)19-16(14-8-4-2-5-9-14)15-10-6-3-7-11-15/h2-12,16H,1H3/q-1.